The van der Waals surface area contributed by atoms with E-state index in [1.54, 1.807) is 10.8 Å². The first-order valence-electron chi connectivity index (χ1n) is 3.31. The van der Waals surface area contributed by atoms with Crippen molar-refractivity contribution in [2.45, 2.75) is 5.75 Å². The van der Waals surface area contributed by atoms with E-state index >= 15 is 0 Å². The highest BCUT2D eigenvalue weighted by molar-refractivity contribution is 9.10. The number of benzene rings is 1. The Kier molecular flexibility index (Phi) is 5.16. The van der Waals surface area contributed by atoms with Crippen LogP contribution in [0.2, 0.25) is 0 Å². The number of nitriles is 1. The standard InChI is InChI=1S/C8H7NS3/c9-7-11-12-10-6-8-4-2-1-3-5-8/h1-5H,6H2. The van der Waals surface area contributed by atoms with Crippen molar-refractivity contribution in [3.05, 3.63) is 35.9 Å². The van der Waals surface area contributed by atoms with E-state index in [0.717, 1.165) is 5.75 Å². The minimum absolute atomic E-state index is 0.959. The van der Waals surface area contributed by atoms with Gasteiger partial charge in [-0.1, -0.05) is 41.1 Å². The molecular weight excluding hydrogens is 206 g/mol. The summed E-state index contributed by atoms with van der Waals surface area (Å²) in [6.07, 6.45) is 0. The van der Waals surface area contributed by atoms with Gasteiger partial charge in [0.1, 0.15) is 5.40 Å². The van der Waals surface area contributed by atoms with Crippen LogP contribution in [0.5, 0.6) is 0 Å². The van der Waals surface area contributed by atoms with Gasteiger partial charge in [-0.05, 0) is 15.4 Å². The van der Waals surface area contributed by atoms with Gasteiger partial charge in [0.2, 0.25) is 0 Å². The topological polar surface area (TPSA) is 23.8 Å². The molecular formula is C8H7NS3. The van der Waals surface area contributed by atoms with Crippen LogP contribution in [0.25, 0.3) is 0 Å². The van der Waals surface area contributed by atoms with Crippen LogP contribution in [-0.2, 0) is 5.75 Å². The third kappa shape index (κ3) is 3.96. The quantitative estimate of drug-likeness (QED) is 0.432. The molecule has 0 aliphatic rings. The fourth-order valence-corrected chi connectivity index (χ4v) is 3.09. The highest BCUT2D eigenvalue weighted by Gasteiger charge is 1.92. The molecule has 0 radical (unpaired) electrons. The van der Waals surface area contributed by atoms with E-state index in [1.807, 2.05) is 23.6 Å². The van der Waals surface area contributed by atoms with Gasteiger partial charge in [0, 0.05) is 16.5 Å². The molecule has 0 saturated heterocycles. The molecule has 0 unspecified atom stereocenters. The Morgan fingerprint density at radius 2 is 2.00 bits per heavy atom. The molecule has 0 N–H and O–H groups in total. The van der Waals surface area contributed by atoms with Gasteiger partial charge in [0.25, 0.3) is 0 Å². The molecule has 1 nitrogen and oxygen atoms in total. The van der Waals surface area contributed by atoms with E-state index in [-0.39, 0.29) is 0 Å². The molecule has 0 saturated carbocycles. The van der Waals surface area contributed by atoms with Gasteiger partial charge in [0.15, 0.2) is 0 Å². The first-order valence-corrected chi connectivity index (χ1v) is 6.97. The second kappa shape index (κ2) is 6.30. The van der Waals surface area contributed by atoms with Gasteiger partial charge in [0.05, 0.1) is 0 Å². The van der Waals surface area contributed by atoms with Crippen molar-refractivity contribution in [2.75, 3.05) is 0 Å². The Labute approximate surface area is 83.7 Å². The summed E-state index contributed by atoms with van der Waals surface area (Å²) in [6.45, 7) is 0. The van der Waals surface area contributed by atoms with Crippen LogP contribution < -0.4 is 0 Å². The zero-order valence-corrected chi connectivity index (χ0v) is 8.72. The monoisotopic (exact) mass is 213 g/mol. The minimum atomic E-state index is 0.959. The molecule has 12 heavy (non-hydrogen) atoms. The van der Waals surface area contributed by atoms with Crippen molar-refractivity contribution < 1.29 is 0 Å². The summed E-state index contributed by atoms with van der Waals surface area (Å²) >= 11 is 0. The fraction of sp³-hybridized carbons (Fsp3) is 0.125. The zero-order chi connectivity index (χ0) is 8.65. The first kappa shape index (κ1) is 9.85. The number of thiocyanates is 1. The molecule has 1 rings (SSSR count). The summed E-state index contributed by atoms with van der Waals surface area (Å²) in [5, 5.41) is 10.3. The molecule has 62 valence electrons. The molecule has 1 aromatic carbocycles. The molecule has 0 heterocycles. The summed E-state index contributed by atoms with van der Waals surface area (Å²) in [4.78, 5) is 0. The Morgan fingerprint density at radius 3 is 2.67 bits per heavy atom. The fourth-order valence-electron chi connectivity index (χ4n) is 0.706. The summed E-state index contributed by atoms with van der Waals surface area (Å²) < 4.78 is 0. The van der Waals surface area contributed by atoms with Gasteiger partial charge < -0.3 is 0 Å². The van der Waals surface area contributed by atoms with Crippen LogP contribution in [0.1, 0.15) is 5.56 Å². The number of hydrogen-bond acceptors (Lipinski definition) is 4. The van der Waals surface area contributed by atoms with Crippen molar-refractivity contribution in [3.63, 3.8) is 0 Å². The lowest BCUT2D eigenvalue weighted by atomic mass is 10.2. The maximum Gasteiger partial charge on any atom is 0.145 e. The third-order valence-electron chi connectivity index (χ3n) is 1.19. The van der Waals surface area contributed by atoms with Gasteiger partial charge in [-0.15, -0.1) is 0 Å². The normalized spacial score (nSPS) is 9.25. The number of hydrogen-bond donors (Lipinski definition) is 0. The maximum atomic E-state index is 8.24. The van der Waals surface area contributed by atoms with E-state index in [9.17, 15) is 0 Å². The van der Waals surface area contributed by atoms with E-state index in [2.05, 4.69) is 12.1 Å². The van der Waals surface area contributed by atoms with Crippen molar-refractivity contribution in [2.24, 2.45) is 0 Å². The van der Waals surface area contributed by atoms with Crippen LogP contribution in [0.4, 0.5) is 0 Å². The maximum absolute atomic E-state index is 8.24. The van der Waals surface area contributed by atoms with Crippen molar-refractivity contribution >= 4 is 31.4 Å². The average Bonchev–Trinajstić information content (AvgIpc) is 2.14. The molecule has 0 aliphatic heterocycles. The summed E-state index contributed by atoms with van der Waals surface area (Å²) in [5.41, 5.74) is 1.30. The van der Waals surface area contributed by atoms with Crippen molar-refractivity contribution in [3.8, 4) is 5.40 Å². The lowest BCUT2D eigenvalue weighted by molar-refractivity contribution is 1.43. The zero-order valence-electron chi connectivity index (χ0n) is 6.27. The Morgan fingerprint density at radius 1 is 1.25 bits per heavy atom. The van der Waals surface area contributed by atoms with Crippen LogP contribution in [-0.4, -0.2) is 0 Å². The van der Waals surface area contributed by atoms with Crippen LogP contribution in [0.3, 0.4) is 0 Å². The Balaban J connectivity index is 2.21. The second-order valence-electron chi connectivity index (χ2n) is 1.99. The van der Waals surface area contributed by atoms with Crippen molar-refractivity contribution in [1.82, 2.24) is 0 Å². The molecule has 0 aliphatic carbocycles. The molecule has 4 heteroatoms. The van der Waals surface area contributed by atoms with E-state index in [4.69, 9.17) is 5.26 Å². The SMILES string of the molecule is N#CSSSCc1ccccc1. The summed E-state index contributed by atoms with van der Waals surface area (Å²) in [6, 6.07) is 10.2. The number of nitrogens with zero attached hydrogens (tertiary/aromatic N) is 1. The van der Waals surface area contributed by atoms with Crippen LogP contribution in [0.15, 0.2) is 30.3 Å². The van der Waals surface area contributed by atoms with Gasteiger partial charge >= 0.3 is 0 Å². The molecule has 0 atom stereocenters. The predicted octanol–water partition coefficient (Wildman–Crippen LogP) is 3.70. The summed E-state index contributed by atoms with van der Waals surface area (Å²) in [5.74, 6) is 0.959. The first-order chi connectivity index (χ1) is 5.93. The molecule has 0 bridgehead atoms. The highest BCUT2D eigenvalue weighted by atomic mass is 33.5. The lowest BCUT2D eigenvalue weighted by Gasteiger charge is -1.96. The predicted molar refractivity (Wildman–Crippen MR) is 58.5 cm³/mol. The van der Waals surface area contributed by atoms with Crippen LogP contribution in [0, 0.1) is 10.7 Å². The second-order valence-corrected chi connectivity index (χ2v) is 5.84. The van der Waals surface area contributed by atoms with Gasteiger partial charge in [-0.25, -0.2) is 0 Å². The average molecular weight is 213 g/mol. The van der Waals surface area contributed by atoms with Crippen molar-refractivity contribution in [1.29, 1.82) is 5.26 Å². The Hall–Kier alpha value is -0.240. The smallest absolute Gasteiger partial charge is 0.145 e. The molecule has 0 amide bonds. The summed E-state index contributed by atoms with van der Waals surface area (Å²) in [7, 11) is 4.42. The molecule has 0 fully saturated rings. The largest absolute Gasteiger partial charge is 0.184 e. The molecule has 1 aromatic rings. The van der Waals surface area contributed by atoms with Crippen LogP contribution >= 0.6 is 31.4 Å². The van der Waals surface area contributed by atoms with Gasteiger partial charge in [-0.3, -0.25) is 0 Å². The highest BCUT2D eigenvalue weighted by Crippen LogP contribution is 2.35. The van der Waals surface area contributed by atoms with Gasteiger partial charge in [-0.2, -0.15) is 5.26 Å². The van der Waals surface area contributed by atoms with E-state index in [1.165, 1.54) is 26.2 Å². The van der Waals surface area contributed by atoms with E-state index in [0.29, 0.717) is 0 Å². The lowest BCUT2D eigenvalue weighted by Crippen LogP contribution is -1.74. The molecule has 0 aromatic heterocycles. The third-order valence-corrected chi connectivity index (χ3v) is 4.43. The Bertz CT molecular complexity index is 255. The minimum Gasteiger partial charge on any atom is -0.184 e. The molecule has 0 spiro atoms. The number of rotatable bonds is 4. The van der Waals surface area contributed by atoms with E-state index < -0.39 is 0 Å².